The van der Waals surface area contributed by atoms with Crippen LogP contribution in [0, 0.1) is 5.92 Å². The van der Waals surface area contributed by atoms with Gasteiger partial charge in [-0.05, 0) is 80.1 Å². The second-order valence-electron chi connectivity index (χ2n) is 10.8. The molecule has 3 aliphatic rings. The topological polar surface area (TPSA) is 73.8 Å². The van der Waals surface area contributed by atoms with E-state index >= 15 is 0 Å². The summed E-state index contributed by atoms with van der Waals surface area (Å²) in [4.78, 5) is 28.4. The van der Waals surface area contributed by atoms with Crippen molar-refractivity contribution in [2.45, 2.75) is 38.6 Å². The molecule has 3 aromatic rings. The first-order valence-corrected chi connectivity index (χ1v) is 13.5. The summed E-state index contributed by atoms with van der Waals surface area (Å²) in [5.41, 5.74) is 5.66. The average molecular weight is 501 g/mol. The molecule has 0 bridgehead atoms. The minimum atomic E-state index is 0.321. The van der Waals surface area contributed by atoms with Gasteiger partial charge in [0.2, 0.25) is 11.9 Å². The molecule has 0 spiro atoms. The van der Waals surface area contributed by atoms with Gasteiger partial charge in [-0.25, -0.2) is 9.97 Å². The molecule has 1 N–H and O–H groups in total. The second-order valence-corrected chi connectivity index (χ2v) is 10.8. The SMILES string of the molecule is COc1cc2c(cc1Nc1ncc3ccc(N4CCC[C@H](CN5CCCC5=O)C4)cc3n1)CN(C)CC2. The normalized spacial score (nSPS) is 20.4. The lowest BCUT2D eigenvalue weighted by Crippen LogP contribution is -2.41. The van der Waals surface area contributed by atoms with Gasteiger partial charge in [-0.1, -0.05) is 0 Å². The third-order valence-electron chi connectivity index (χ3n) is 8.07. The van der Waals surface area contributed by atoms with Gasteiger partial charge < -0.3 is 24.8 Å². The van der Waals surface area contributed by atoms with Crippen LogP contribution in [0.5, 0.6) is 5.75 Å². The van der Waals surface area contributed by atoms with Crippen LogP contribution >= 0.6 is 0 Å². The summed E-state index contributed by atoms with van der Waals surface area (Å²) in [7, 11) is 3.86. The predicted octanol–water partition coefficient (Wildman–Crippen LogP) is 4.21. The summed E-state index contributed by atoms with van der Waals surface area (Å²) in [6, 6.07) is 10.8. The summed E-state index contributed by atoms with van der Waals surface area (Å²) in [6.07, 6.45) is 6.96. The second kappa shape index (κ2) is 10.2. The maximum Gasteiger partial charge on any atom is 0.227 e. The van der Waals surface area contributed by atoms with Gasteiger partial charge in [-0.3, -0.25) is 4.79 Å². The quantitative estimate of drug-likeness (QED) is 0.544. The van der Waals surface area contributed by atoms with Crippen molar-refractivity contribution in [1.29, 1.82) is 0 Å². The zero-order chi connectivity index (χ0) is 25.4. The fourth-order valence-corrected chi connectivity index (χ4v) is 6.04. The summed E-state index contributed by atoms with van der Waals surface area (Å²) >= 11 is 0. The number of carbonyl (C=O) groups is 1. The van der Waals surface area contributed by atoms with Crippen LogP contribution in [0.25, 0.3) is 10.9 Å². The van der Waals surface area contributed by atoms with Crippen LogP contribution in [0.2, 0.25) is 0 Å². The highest BCUT2D eigenvalue weighted by Crippen LogP contribution is 2.33. The molecule has 2 fully saturated rings. The molecule has 0 unspecified atom stereocenters. The molecule has 4 heterocycles. The first-order chi connectivity index (χ1) is 18.1. The first kappa shape index (κ1) is 24.0. The highest BCUT2D eigenvalue weighted by atomic mass is 16.5. The van der Waals surface area contributed by atoms with E-state index < -0.39 is 0 Å². The van der Waals surface area contributed by atoms with Crippen LogP contribution in [0.3, 0.4) is 0 Å². The smallest absolute Gasteiger partial charge is 0.227 e. The minimum Gasteiger partial charge on any atom is -0.495 e. The van der Waals surface area contributed by atoms with Gasteiger partial charge in [0.1, 0.15) is 5.75 Å². The standard InChI is InChI=1S/C29H36N6O2/c1-33-12-9-21-14-27(37-2)26(13-23(21)19-33)32-29-30-16-22-7-8-24(15-25(22)31-29)34-10-3-5-20(17-34)18-35-11-4-6-28(35)36/h7-8,13-16,20H,3-6,9-12,17-19H2,1-2H3,(H,30,31,32)/t20-/m0/s1. The molecule has 1 aromatic heterocycles. The molecule has 194 valence electrons. The van der Waals surface area contributed by atoms with Crippen molar-refractivity contribution in [3.05, 3.63) is 47.7 Å². The van der Waals surface area contributed by atoms with Crippen molar-refractivity contribution in [1.82, 2.24) is 19.8 Å². The predicted molar refractivity (Wildman–Crippen MR) is 147 cm³/mol. The van der Waals surface area contributed by atoms with E-state index in [-0.39, 0.29) is 0 Å². The third-order valence-corrected chi connectivity index (χ3v) is 8.07. The molecule has 0 aliphatic carbocycles. The molecular weight excluding hydrogens is 464 g/mol. The Balaban J connectivity index is 1.21. The van der Waals surface area contributed by atoms with Crippen molar-refractivity contribution >= 4 is 34.1 Å². The number of hydrogen-bond donors (Lipinski definition) is 1. The number of anilines is 3. The number of likely N-dealkylation sites (tertiary alicyclic amines) is 1. The monoisotopic (exact) mass is 500 g/mol. The molecule has 3 aliphatic heterocycles. The number of aromatic nitrogens is 2. The Labute approximate surface area is 218 Å². The van der Waals surface area contributed by atoms with Crippen LogP contribution in [0.1, 0.15) is 36.8 Å². The number of piperidine rings is 1. The van der Waals surface area contributed by atoms with Crippen LogP contribution in [0.15, 0.2) is 36.5 Å². The van der Waals surface area contributed by atoms with Gasteiger partial charge in [0.25, 0.3) is 0 Å². The van der Waals surface area contributed by atoms with Crippen molar-refractivity contribution in [2.24, 2.45) is 5.92 Å². The summed E-state index contributed by atoms with van der Waals surface area (Å²) in [5.74, 6) is 2.22. The third kappa shape index (κ3) is 5.07. The van der Waals surface area contributed by atoms with E-state index in [4.69, 9.17) is 9.72 Å². The van der Waals surface area contributed by atoms with Crippen molar-refractivity contribution in [3.63, 3.8) is 0 Å². The number of fused-ring (bicyclic) bond motifs is 2. The fourth-order valence-electron chi connectivity index (χ4n) is 6.04. The number of benzene rings is 2. The van der Waals surface area contributed by atoms with Crippen LogP contribution < -0.4 is 15.0 Å². The number of hydrogen-bond acceptors (Lipinski definition) is 7. The Morgan fingerprint density at radius 2 is 2.00 bits per heavy atom. The van der Waals surface area contributed by atoms with E-state index in [1.54, 1.807) is 7.11 Å². The Morgan fingerprint density at radius 3 is 2.84 bits per heavy atom. The Morgan fingerprint density at radius 1 is 1.08 bits per heavy atom. The number of nitrogens with one attached hydrogen (secondary N) is 1. The van der Waals surface area contributed by atoms with Crippen molar-refractivity contribution < 1.29 is 9.53 Å². The molecule has 37 heavy (non-hydrogen) atoms. The Kier molecular flexibility index (Phi) is 6.59. The van der Waals surface area contributed by atoms with Crippen LogP contribution in [-0.2, 0) is 17.8 Å². The lowest BCUT2D eigenvalue weighted by molar-refractivity contribution is -0.128. The van der Waals surface area contributed by atoms with Gasteiger partial charge in [0.15, 0.2) is 0 Å². The minimum absolute atomic E-state index is 0.321. The number of amides is 1. The highest BCUT2D eigenvalue weighted by Gasteiger charge is 2.27. The number of carbonyl (C=O) groups excluding carboxylic acids is 1. The van der Waals surface area contributed by atoms with Crippen molar-refractivity contribution in [2.75, 3.05) is 57.1 Å². The van der Waals surface area contributed by atoms with Gasteiger partial charge in [-0.15, -0.1) is 0 Å². The number of likely N-dealkylation sites (N-methyl/N-ethyl adjacent to an activating group) is 1. The zero-order valence-corrected chi connectivity index (χ0v) is 21.9. The molecular formula is C29H36N6O2. The summed E-state index contributed by atoms with van der Waals surface area (Å²) < 4.78 is 5.70. The Bertz CT molecular complexity index is 1310. The van der Waals surface area contributed by atoms with Gasteiger partial charge in [0.05, 0.1) is 18.3 Å². The molecule has 1 amide bonds. The van der Waals surface area contributed by atoms with E-state index in [0.717, 1.165) is 80.9 Å². The molecule has 8 heteroatoms. The van der Waals surface area contributed by atoms with E-state index in [0.29, 0.717) is 24.2 Å². The van der Waals surface area contributed by atoms with E-state index in [9.17, 15) is 4.79 Å². The molecule has 2 saturated heterocycles. The molecule has 0 saturated carbocycles. The molecule has 2 aromatic carbocycles. The molecule has 0 radical (unpaired) electrons. The highest BCUT2D eigenvalue weighted by molar-refractivity contribution is 5.83. The number of rotatable bonds is 6. The molecule has 1 atom stereocenters. The van der Waals surface area contributed by atoms with E-state index in [2.05, 4.69) is 62.4 Å². The van der Waals surface area contributed by atoms with Gasteiger partial charge >= 0.3 is 0 Å². The molecule has 6 rings (SSSR count). The lowest BCUT2D eigenvalue weighted by atomic mass is 9.97. The maximum atomic E-state index is 12.1. The maximum absolute atomic E-state index is 12.1. The summed E-state index contributed by atoms with van der Waals surface area (Å²) in [5, 5.41) is 4.43. The van der Waals surface area contributed by atoms with Crippen LogP contribution in [-0.4, -0.2) is 72.6 Å². The average Bonchev–Trinajstić information content (AvgIpc) is 3.32. The van der Waals surface area contributed by atoms with Gasteiger partial charge in [-0.2, -0.15) is 0 Å². The van der Waals surface area contributed by atoms with Gasteiger partial charge in [0, 0.05) is 63.0 Å². The van der Waals surface area contributed by atoms with Crippen LogP contribution in [0.4, 0.5) is 17.3 Å². The fraction of sp³-hybridized carbons (Fsp3) is 0.483. The number of methoxy groups -OCH3 is 1. The molecule has 8 nitrogen and oxygen atoms in total. The number of ether oxygens (including phenoxy) is 1. The first-order valence-electron chi connectivity index (χ1n) is 13.5. The largest absolute Gasteiger partial charge is 0.495 e. The number of nitrogens with zero attached hydrogens (tertiary/aromatic N) is 5. The zero-order valence-electron chi connectivity index (χ0n) is 21.9. The lowest BCUT2D eigenvalue weighted by Gasteiger charge is -2.36. The van der Waals surface area contributed by atoms with Crippen molar-refractivity contribution in [3.8, 4) is 5.75 Å². The van der Waals surface area contributed by atoms with E-state index in [1.807, 2.05) is 6.20 Å². The van der Waals surface area contributed by atoms with E-state index in [1.165, 1.54) is 23.2 Å². The Hall–Kier alpha value is -3.39. The summed E-state index contributed by atoms with van der Waals surface area (Å²) in [6.45, 7) is 5.81.